The maximum atomic E-state index is 12.7. The van der Waals surface area contributed by atoms with Crippen molar-refractivity contribution in [2.75, 3.05) is 7.05 Å². The van der Waals surface area contributed by atoms with Crippen LogP contribution < -0.4 is 5.32 Å². The molecule has 0 aromatic heterocycles. The molecular formula is C15H26N2O2S. The van der Waals surface area contributed by atoms with Gasteiger partial charge in [0.15, 0.2) is 0 Å². The topological polar surface area (TPSA) is 49.4 Å². The normalized spacial score (nSPS) is 13.9. The Kier molecular flexibility index (Phi) is 6.17. The van der Waals surface area contributed by atoms with Crippen molar-refractivity contribution in [3.63, 3.8) is 0 Å². The Labute approximate surface area is 123 Å². The Morgan fingerprint density at radius 3 is 2.35 bits per heavy atom. The van der Waals surface area contributed by atoms with E-state index >= 15 is 0 Å². The van der Waals surface area contributed by atoms with Crippen LogP contribution in [0.4, 0.5) is 0 Å². The first kappa shape index (κ1) is 17.1. The van der Waals surface area contributed by atoms with E-state index in [2.05, 4.69) is 5.32 Å². The van der Waals surface area contributed by atoms with Crippen molar-refractivity contribution in [2.24, 2.45) is 0 Å². The quantitative estimate of drug-likeness (QED) is 0.842. The van der Waals surface area contributed by atoms with Gasteiger partial charge in [0.05, 0.1) is 4.90 Å². The monoisotopic (exact) mass is 298 g/mol. The molecule has 0 fully saturated rings. The van der Waals surface area contributed by atoms with Crippen LogP contribution in [0, 0.1) is 0 Å². The molecule has 0 bridgehead atoms. The van der Waals surface area contributed by atoms with Gasteiger partial charge in [0.1, 0.15) is 0 Å². The molecule has 1 atom stereocenters. The standard InChI is InChI=1S/C15H26N2O2S/c1-6-13(4)17(5)20(18,19)15-10-8-7-9-14(15)11-16-12(2)3/h7-10,12-13,16H,6,11H2,1-5H3. The first-order valence-corrected chi connectivity index (χ1v) is 8.54. The van der Waals surface area contributed by atoms with E-state index in [0.717, 1.165) is 12.0 Å². The Bertz CT molecular complexity index is 526. The lowest BCUT2D eigenvalue weighted by Crippen LogP contribution is -2.35. The largest absolute Gasteiger partial charge is 0.310 e. The fourth-order valence-corrected chi connectivity index (χ4v) is 3.52. The molecule has 1 aromatic carbocycles. The van der Waals surface area contributed by atoms with Gasteiger partial charge in [-0.3, -0.25) is 0 Å². The van der Waals surface area contributed by atoms with Crippen molar-refractivity contribution in [1.82, 2.24) is 9.62 Å². The second-order valence-corrected chi connectivity index (χ2v) is 7.39. The van der Waals surface area contributed by atoms with Crippen LogP contribution in [0.15, 0.2) is 29.2 Å². The number of sulfonamides is 1. The minimum Gasteiger partial charge on any atom is -0.310 e. The van der Waals surface area contributed by atoms with Gasteiger partial charge in [-0.2, -0.15) is 4.31 Å². The molecule has 0 radical (unpaired) electrons. The van der Waals surface area contributed by atoms with Crippen LogP contribution in [0.3, 0.4) is 0 Å². The van der Waals surface area contributed by atoms with Crippen molar-refractivity contribution in [1.29, 1.82) is 0 Å². The highest BCUT2D eigenvalue weighted by Crippen LogP contribution is 2.21. The lowest BCUT2D eigenvalue weighted by atomic mass is 10.2. The summed E-state index contributed by atoms with van der Waals surface area (Å²) in [7, 11) is -1.79. The van der Waals surface area contributed by atoms with E-state index in [1.54, 1.807) is 19.2 Å². The van der Waals surface area contributed by atoms with E-state index < -0.39 is 10.0 Å². The van der Waals surface area contributed by atoms with Crippen molar-refractivity contribution in [3.05, 3.63) is 29.8 Å². The summed E-state index contributed by atoms with van der Waals surface area (Å²) in [5.41, 5.74) is 0.816. The molecule has 0 heterocycles. The number of hydrogen-bond donors (Lipinski definition) is 1. The van der Waals surface area contributed by atoms with Gasteiger partial charge in [0.2, 0.25) is 10.0 Å². The summed E-state index contributed by atoms with van der Waals surface area (Å²) in [5, 5.41) is 3.27. The molecule has 1 N–H and O–H groups in total. The van der Waals surface area contributed by atoms with E-state index in [-0.39, 0.29) is 6.04 Å². The predicted molar refractivity (Wildman–Crippen MR) is 83.1 cm³/mol. The smallest absolute Gasteiger partial charge is 0.243 e. The second kappa shape index (κ2) is 7.20. The van der Waals surface area contributed by atoms with Gasteiger partial charge < -0.3 is 5.32 Å². The molecule has 4 nitrogen and oxygen atoms in total. The van der Waals surface area contributed by atoms with E-state index in [9.17, 15) is 8.42 Å². The van der Waals surface area contributed by atoms with Crippen LogP contribution >= 0.6 is 0 Å². The van der Waals surface area contributed by atoms with Gasteiger partial charge in [-0.25, -0.2) is 8.42 Å². The lowest BCUT2D eigenvalue weighted by molar-refractivity contribution is 0.380. The first-order valence-electron chi connectivity index (χ1n) is 7.10. The van der Waals surface area contributed by atoms with E-state index in [4.69, 9.17) is 0 Å². The SMILES string of the molecule is CCC(C)N(C)S(=O)(=O)c1ccccc1CNC(C)C. The number of benzene rings is 1. The van der Waals surface area contributed by atoms with Crippen molar-refractivity contribution < 1.29 is 8.42 Å². The van der Waals surface area contributed by atoms with Gasteiger partial charge >= 0.3 is 0 Å². The Hall–Kier alpha value is -0.910. The van der Waals surface area contributed by atoms with Crippen molar-refractivity contribution in [3.8, 4) is 0 Å². The number of rotatable bonds is 7. The molecule has 0 aliphatic carbocycles. The highest BCUT2D eigenvalue weighted by Gasteiger charge is 2.26. The summed E-state index contributed by atoms with van der Waals surface area (Å²) >= 11 is 0. The molecular weight excluding hydrogens is 272 g/mol. The van der Waals surface area contributed by atoms with Crippen molar-refractivity contribution >= 4 is 10.0 Å². The Morgan fingerprint density at radius 2 is 1.80 bits per heavy atom. The Balaban J connectivity index is 3.12. The van der Waals surface area contributed by atoms with Gasteiger partial charge in [0.25, 0.3) is 0 Å². The molecule has 1 unspecified atom stereocenters. The molecule has 1 aromatic rings. The van der Waals surface area contributed by atoms with E-state index in [1.165, 1.54) is 4.31 Å². The molecule has 0 aliphatic rings. The maximum Gasteiger partial charge on any atom is 0.243 e. The molecule has 0 aliphatic heterocycles. The zero-order valence-corrected chi connectivity index (χ0v) is 13.9. The van der Waals surface area contributed by atoms with Crippen LogP contribution in [0.25, 0.3) is 0 Å². The zero-order valence-electron chi connectivity index (χ0n) is 13.1. The number of nitrogens with zero attached hydrogens (tertiary/aromatic N) is 1. The van der Waals surface area contributed by atoms with Crippen LogP contribution in [0.2, 0.25) is 0 Å². The summed E-state index contributed by atoms with van der Waals surface area (Å²) in [6.45, 7) is 8.56. The van der Waals surface area contributed by atoms with Crippen LogP contribution in [0.1, 0.15) is 39.7 Å². The van der Waals surface area contributed by atoms with E-state index in [1.807, 2.05) is 39.8 Å². The fourth-order valence-electron chi connectivity index (χ4n) is 1.86. The molecule has 5 heteroatoms. The fraction of sp³-hybridized carbons (Fsp3) is 0.600. The second-order valence-electron chi connectivity index (χ2n) is 5.42. The minimum atomic E-state index is -3.44. The average molecular weight is 298 g/mol. The third-order valence-electron chi connectivity index (χ3n) is 3.54. The first-order chi connectivity index (χ1) is 9.30. The third-order valence-corrected chi connectivity index (χ3v) is 5.61. The highest BCUT2D eigenvalue weighted by atomic mass is 32.2. The van der Waals surface area contributed by atoms with Crippen LogP contribution in [0.5, 0.6) is 0 Å². The molecule has 0 spiro atoms. The molecule has 20 heavy (non-hydrogen) atoms. The van der Waals surface area contributed by atoms with Gasteiger partial charge in [0, 0.05) is 25.7 Å². The summed E-state index contributed by atoms with van der Waals surface area (Å²) in [4.78, 5) is 0.399. The van der Waals surface area contributed by atoms with Crippen LogP contribution in [-0.2, 0) is 16.6 Å². The summed E-state index contributed by atoms with van der Waals surface area (Å²) < 4.78 is 26.9. The maximum absolute atomic E-state index is 12.7. The molecule has 114 valence electrons. The molecule has 0 amide bonds. The summed E-state index contributed by atoms with van der Waals surface area (Å²) in [6, 6.07) is 7.51. The highest BCUT2D eigenvalue weighted by molar-refractivity contribution is 7.89. The third kappa shape index (κ3) is 4.04. The number of hydrogen-bond acceptors (Lipinski definition) is 3. The summed E-state index contributed by atoms with van der Waals surface area (Å²) in [6.07, 6.45) is 0.794. The van der Waals surface area contributed by atoms with Crippen LogP contribution in [-0.4, -0.2) is 31.9 Å². The molecule has 0 saturated carbocycles. The van der Waals surface area contributed by atoms with Crippen molar-refractivity contribution in [2.45, 2.75) is 57.6 Å². The van der Waals surface area contributed by atoms with E-state index in [0.29, 0.717) is 17.5 Å². The summed E-state index contributed by atoms with van der Waals surface area (Å²) in [5.74, 6) is 0. The zero-order chi connectivity index (χ0) is 15.3. The van der Waals surface area contributed by atoms with Gasteiger partial charge in [-0.1, -0.05) is 39.0 Å². The lowest BCUT2D eigenvalue weighted by Gasteiger charge is -2.24. The average Bonchev–Trinajstić information content (AvgIpc) is 2.43. The Morgan fingerprint density at radius 1 is 1.20 bits per heavy atom. The predicted octanol–water partition coefficient (Wildman–Crippen LogP) is 2.60. The van der Waals surface area contributed by atoms with Gasteiger partial charge in [-0.05, 0) is 25.0 Å². The minimum absolute atomic E-state index is 0.00823. The molecule has 1 rings (SSSR count). The number of nitrogens with one attached hydrogen (secondary N) is 1. The molecule has 0 saturated heterocycles. The van der Waals surface area contributed by atoms with Gasteiger partial charge in [-0.15, -0.1) is 0 Å².